The minimum Gasteiger partial charge on any atom is -0.352 e. The molecule has 0 spiro atoms. The van der Waals surface area contributed by atoms with Crippen molar-refractivity contribution in [3.63, 3.8) is 0 Å². The largest absolute Gasteiger partial charge is 0.352 e. The number of nitrogens with one attached hydrogen (secondary N) is 2. The summed E-state index contributed by atoms with van der Waals surface area (Å²) in [6.07, 6.45) is 2.81. The monoisotopic (exact) mass is 314 g/mol. The molecule has 22 heavy (non-hydrogen) atoms. The van der Waals surface area contributed by atoms with Crippen LogP contribution in [0, 0.1) is 5.92 Å². The molecule has 1 fully saturated rings. The van der Waals surface area contributed by atoms with Crippen LogP contribution in [0.5, 0.6) is 0 Å². The van der Waals surface area contributed by atoms with Gasteiger partial charge in [0, 0.05) is 28.6 Å². The number of hydrogen-bond donors (Lipinski definition) is 2. The zero-order valence-corrected chi connectivity index (χ0v) is 13.0. The molecule has 0 atom stereocenters. The number of benzene rings is 1. The smallest absolute Gasteiger partial charge is 0.251 e. The third-order valence-corrected chi connectivity index (χ3v) is 4.54. The number of rotatable bonds is 6. The van der Waals surface area contributed by atoms with Crippen LogP contribution < -0.4 is 10.6 Å². The minimum atomic E-state index is -0.0865. The van der Waals surface area contributed by atoms with E-state index in [1.165, 1.54) is 4.88 Å². The standard InChI is InChI=1S/C17H18N2O2S/c20-16(18-10-9-15-2-1-11-22-15)12-5-7-14(8-6-12)19-17(21)13-3-4-13/h1-2,5-8,11,13H,3-4,9-10H2,(H,18,20)(H,19,21). The predicted molar refractivity (Wildman–Crippen MR) is 88.2 cm³/mol. The molecule has 1 aromatic carbocycles. The first-order valence-corrected chi connectivity index (χ1v) is 8.32. The Labute approximate surface area is 133 Å². The molecule has 1 saturated carbocycles. The van der Waals surface area contributed by atoms with E-state index in [-0.39, 0.29) is 17.7 Å². The minimum absolute atomic E-state index is 0.0770. The van der Waals surface area contributed by atoms with E-state index in [1.54, 1.807) is 35.6 Å². The van der Waals surface area contributed by atoms with Gasteiger partial charge in [-0.2, -0.15) is 0 Å². The van der Waals surface area contributed by atoms with Crippen molar-refractivity contribution in [1.82, 2.24) is 5.32 Å². The fraction of sp³-hybridized carbons (Fsp3) is 0.294. The van der Waals surface area contributed by atoms with Gasteiger partial charge >= 0.3 is 0 Å². The van der Waals surface area contributed by atoms with Gasteiger partial charge in [0.1, 0.15) is 0 Å². The quantitative estimate of drug-likeness (QED) is 0.861. The van der Waals surface area contributed by atoms with Crippen LogP contribution >= 0.6 is 11.3 Å². The van der Waals surface area contributed by atoms with Crippen molar-refractivity contribution in [2.75, 3.05) is 11.9 Å². The van der Waals surface area contributed by atoms with Gasteiger partial charge in [0.05, 0.1) is 0 Å². The Morgan fingerprint density at radius 2 is 1.91 bits per heavy atom. The van der Waals surface area contributed by atoms with E-state index in [0.29, 0.717) is 12.1 Å². The van der Waals surface area contributed by atoms with Crippen LogP contribution in [-0.2, 0) is 11.2 Å². The van der Waals surface area contributed by atoms with Crippen LogP contribution in [0.1, 0.15) is 28.1 Å². The lowest BCUT2D eigenvalue weighted by Gasteiger charge is -2.07. The summed E-state index contributed by atoms with van der Waals surface area (Å²) in [7, 11) is 0. The highest BCUT2D eigenvalue weighted by atomic mass is 32.1. The van der Waals surface area contributed by atoms with Gasteiger partial charge in [0.25, 0.3) is 5.91 Å². The molecule has 1 heterocycles. The second-order valence-electron chi connectivity index (χ2n) is 5.43. The average molecular weight is 314 g/mol. The maximum absolute atomic E-state index is 12.0. The Balaban J connectivity index is 1.48. The molecule has 1 aliphatic rings. The van der Waals surface area contributed by atoms with Crippen LogP contribution in [0.4, 0.5) is 5.69 Å². The first kappa shape index (κ1) is 14.8. The highest BCUT2D eigenvalue weighted by Crippen LogP contribution is 2.30. The maximum Gasteiger partial charge on any atom is 0.251 e. The second-order valence-corrected chi connectivity index (χ2v) is 6.46. The lowest BCUT2D eigenvalue weighted by Crippen LogP contribution is -2.25. The van der Waals surface area contributed by atoms with Gasteiger partial charge in [0.15, 0.2) is 0 Å². The molecule has 0 bridgehead atoms. The molecule has 0 unspecified atom stereocenters. The molecule has 3 rings (SSSR count). The number of thiophene rings is 1. The zero-order valence-electron chi connectivity index (χ0n) is 12.2. The summed E-state index contributed by atoms with van der Waals surface area (Å²) >= 11 is 1.69. The molecule has 1 aromatic heterocycles. The Kier molecular flexibility index (Phi) is 4.53. The molecule has 0 saturated heterocycles. The number of hydrogen-bond acceptors (Lipinski definition) is 3. The normalized spacial score (nSPS) is 13.6. The average Bonchev–Trinajstić information content (AvgIpc) is 3.26. The molecule has 0 radical (unpaired) electrons. The van der Waals surface area contributed by atoms with Crippen LogP contribution in [0.15, 0.2) is 41.8 Å². The summed E-state index contributed by atoms with van der Waals surface area (Å²) in [5, 5.41) is 7.80. The van der Waals surface area contributed by atoms with Gasteiger partial charge in [-0.1, -0.05) is 6.07 Å². The van der Waals surface area contributed by atoms with Crippen molar-refractivity contribution in [3.05, 3.63) is 52.2 Å². The molecule has 2 aromatic rings. The Morgan fingerprint density at radius 3 is 2.55 bits per heavy atom. The van der Waals surface area contributed by atoms with E-state index in [2.05, 4.69) is 16.7 Å². The molecule has 2 amide bonds. The molecule has 4 nitrogen and oxygen atoms in total. The van der Waals surface area contributed by atoms with E-state index in [1.807, 2.05) is 11.4 Å². The number of amides is 2. The molecular weight excluding hydrogens is 296 g/mol. The summed E-state index contributed by atoms with van der Waals surface area (Å²) in [6.45, 7) is 0.625. The number of anilines is 1. The second kappa shape index (κ2) is 6.75. The Morgan fingerprint density at radius 1 is 1.14 bits per heavy atom. The summed E-state index contributed by atoms with van der Waals surface area (Å²) in [5.41, 5.74) is 1.35. The molecule has 2 N–H and O–H groups in total. The highest BCUT2D eigenvalue weighted by molar-refractivity contribution is 7.09. The highest BCUT2D eigenvalue weighted by Gasteiger charge is 2.29. The van der Waals surface area contributed by atoms with Crippen LogP contribution in [-0.4, -0.2) is 18.4 Å². The number of carbonyl (C=O) groups excluding carboxylic acids is 2. The van der Waals surface area contributed by atoms with Crippen molar-refractivity contribution in [1.29, 1.82) is 0 Å². The summed E-state index contributed by atoms with van der Waals surface area (Å²) < 4.78 is 0. The van der Waals surface area contributed by atoms with Crippen molar-refractivity contribution >= 4 is 28.8 Å². The van der Waals surface area contributed by atoms with Gasteiger partial charge in [-0.25, -0.2) is 0 Å². The van der Waals surface area contributed by atoms with E-state index >= 15 is 0 Å². The molecule has 0 aliphatic heterocycles. The van der Waals surface area contributed by atoms with E-state index in [0.717, 1.165) is 24.9 Å². The van der Waals surface area contributed by atoms with Gasteiger partial charge in [-0.15, -0.1) is 11.3 Å². The van der Waals surface area contributed by atoms with Gasteiger partial charge in [-0.3, -0.25) is 9.59 Å². The molecule has 5 heteroatoms. The topological polar surface area (TPSA) is 58.2 Å². The molecule has 1 aliphatic carbocycles. The summed E-state index contributed by atoms with van der Waals surface area (Å²) in [4.78, 5) is 25.0. The lowest BCUT2D eigenvalue weighted by atomic mass is 10.2. The summed E-state index contributed by atoms with van der Waals surface area (Å²) in [6, 6.07) is 11.1. The third kappa shape index (κ3) is 3.95. The van der Waals surface area contributed by atoms with Crippen molar-refractivity contribution in [2.45, 2.75) is 19.3 Å². The Bertz CT molecular complexity index is 646. The van der Waals surface area contributed by atoms with Gasteiger partial charge < -0.3 is 10.6 Å². The zero-order chi connectivity index (χ0) is 15.4. The molecular formula is C17H18N2O2S. The lowest BCUT2D eigenvalue weighted by molar-refractivity contribution is -0.117. The fourth-order valence-electron chi connectivity index (χ4n) is 2.15. The van der Waals surface area contributed by atoms with Crippen LogP contribution in [0.3, 0.4) is 0 Å². The third-order valence-electron chi connectivity index (χ3n) is 3.60. The van der Waals surface area contributed by atoms with Crippen molar-refractivity contribution < 1.29 is 9.59 Å². The predicted octanol–water partition coefficient (Wildman–Crippen LogP) is 3.07. The number of carbonyl (C=O) groups is 2. The van der Waals surface area contributed by atoms with Crippen molar-refractivity contribution in [2.24, 2.45) is 5.92 Å². The van der Waals surface area contributed by atoms with E-state index < -0.39 is 0 Å². The first-order valence-electron chi connectivity index (χ1n) is 7.44. The first-order chi connectivity index (χ1) is 10.7. The van der Waals surface area contributed by atoms with Gasteiger partial charge in [0.2, 0.25) is 5.91 Å². The fourth-order valence-corrected chi connectivity index (χ4v) is 2.86. The van der Waals surface area contributed by atoms with E-state index in [4.69, 9.17) is 0 Å². The van der Waals surface area contributed by atoms with E-state index in [9.17, 15) is 9.59 Å². The van der Waals surface area contributed by atoms with Crippen molar-refractivity contribution in [3.8, 4) is 0 Å². The summed E-state index contributed by atoms with van der Waals surface area (Å²) in [5.74, 6) is 0.171. The maximum atomic E-state index is 12.0. The SMILES string of the molecule is O=C(NCCc1cccs1)c1ccc(NC(=O)C2CC2)cc1. The molecule has 114 valence electrons. The van der Waals surface area contributed by atoms with Crippen LogP contribution in [0.2, 0.25) is 0 Å². The van der Waals surface area contributed by atoms with Crippen LogP contribution in [0.25, 0.3) is 0 Å². The van der Waals surface area contributed by atoms with Gasteiger partial charge in [-0.05, 0) is 55.0 Å². The Hall–Kier alpha value is -2.14.